The predicted molar refractivity (Wildman–Crippen MR) is 90.0 cm³/mol. The molecule has 20 heavy (non-hydrogen) atoms. The van der Waals surface area contributed by atoms with E-state index in [0.29, 0.717) is 6.42 Å². The predicted octanol–water partition coefficient (Wildman–Crippen LogP) is 4.68. The average Bonchev–Trinajstić information content (AvgIpc) is 2.34. The summed E-state index contributed by atoms with van der Waals surface area (Å²) in [6.07, 6.45) is 16.3. The third kappa shape index (κ3) is 20.7. The van der Waals surface area contributed by atoms with Crippen LogP contribution in [0.2, 0.25) is 0 Å². The van der Waals surface area contributed by atoms with Crippen molar-refractivity contribution in [2.24, 2.45) is 0 Å². The van der Waals surface area contributed by atoms with E-state index in [9.17, 15) is 0 Å². The summed E-state index contributed by atoms with van der Waals surface area (Å²) in [5.41, 5.74) is 0. The molecule has 3 N–H and O–H groups in total. The number of halogens is 1. The lowest BCUT2D eigenvalue weighted by atomic mass is 10.0. The molecule has 0 aromatic carbocycles. The van der Waals surface area contributed by atoms with Crippen LogP contribution in [-0.4, -0.2) is 21.3 Å². The zero-order chi connectivity index (χ0) is 14.4. The summed E-state index contributed by atoms with van der Waals surface area (Å²) in [4.78, 5) is 0. The number of unbranched alkanes of at least 4 members (excludes halogenated alkanes) is 12. The summed E-state index contributed by atoms with van der Waals surface area (Å²) < 4.78 is 0. The van der Waals surface area contributed by atoms with Crippen LogP contribution in [-0.2, 0) is 0 Å². The van der Waals surface area contributed by atoms with Crippen LogP contribution in [0.5, 0.6) is 0 Å². The molecule has 4 heteroatoms. The van der Waals surface area contributed by atoms with Gasteiger partial charge in [-0.15, -0.1) is 17.0 Å². The fraction of sp³-hybridized carbons (Fsp3) is 1.00. The van der Waals surface area contributed by atoms with Gasteiger partial charge in [0.05, 0.1) is 0 Å². The van der Waals surface area contributed by atoms with Gasteiger partial charge in [0.15, 0.2) is 0 Å². The first kappa shape index (κ1) is 22.6. The van der Waals surface area contributed by atoms with Crippen LogP contribution in [0.25, 0.3) is 0 Å². The van der Waals surface area contributed by atoms with Gasteiger partial charge in [-0.25, -0.2) is 0 Å². The molecule has 0 aliphatic rings. The maximum atomic E-state index is 8.71. The van der Waals surface area contributed by atoms with Gasteiger partial charge in [-0.1, -0.05) is 84.0 Å². The van der Waals surface area contributed by atoms with Crippen molar-refractivity contribution in [1.29, 1.82) is 0 Å². The maximum absolute atomic E-state index is 8.71. The summed E-state index contributed by atoms with van der Waals surface area (Å²) >= 11 is 0. The maximum Gasteiger partial charge on any atom is 0.275 e. The highest BCUT2D eigenvalue weighted by Gasteiger charge is 2.16. The molecule has 0 spiro atoms. The Balaban J connectivity index is 0. The van der Waals surface area contributed by atoms with Gasteiger partial charge in [-0.2, -0.15) is 0 Å². The molecule has 124 valence electrons. The summed E-state index contributed by atoms with van der Waals surface area (Å²) in [6.45, 7) is 2.25. The Hall–Kier alpha value is 0.360. The van der Waals surface area contributed by atoms with Gasteiger partial charge in [0.25, 0.3) is 5.97 Å². The summed E-state index contributed by atoms with van der Waals surface area (Å²) in [7, 11) is 0. The second-order valence-corrected chi connectivity index (χ2v) is 5.77. The normalized spacial score (nSPS) is 11.4. The second kappa shape index (κ2) is 15.7. The lowest BCUT2D eigenvalue weighted by Gasteiger charge is -2.12. The van der Waals surface area contributed by atoms with Crippen LogP contribution in [0.15, 0.2) is 0 Å². The van der Waals surface area contributed by atoms with Crippen LogP contribution < -0.4 is 0 Å². The highest BCUT2D eigenvalue weighted by molar-refractivity contribution is 8.93. The van der Waals surface area contributed by atoms with Gasteiger partial charge >= 0.3 is 0 Å². The molecular weight excluding hydrogens is 320 g/mol. The summed E-state index contributed by atoms with van der Waals surface area (Å²) in [6, 6.07) is 0. The van der Waals surface area contributed by atoms with E-state index in [-0.39, 0.29) is 23.4 Å². The van der Waals surface area contributed by atoms with Gasteiger partial charge in [-0.3, -0.25) is 0 Å². The Morgan fingerprint density at radius 3 is 1.15 bits per heavy atom. The number of hydrogen-bond acceptors (Lipinski definition) is 3. The molecule has 0 atom stereocenters. The van der Waals surface area contributed by atoms with Gasteiger partial charge < -0.3 is 15.3 Å². The fourth-order valence-corrected chi connectivity index (χ4v) is 2.38. The molecule has 0 fully saturated rings. The van der Waals surface area contributed by atoms with Crippen LogP contribution in [0, 0.1) is 0 Å². The first-order chi connectivity index (χ1) is 9.06. The molecule has 0 bridgehead atoms. The van der Waals surface area contributed by atoms with Crippen LogP contribution in [0.4, 0.5) is 0 Å². The van der Waals surface area contributed by atoms with E-state index in [1.54, 1.807) is 0 Å². The highest BCUT2D eigenvalue weighted by Crippen LogP contribution is 2.14. The van der Waals surface area contributed by atoms with Crippen molar-refractivity contribution >= 4 is 17.0 Å². The molecule has 0 radical (unpaired) electrons. The zero-order valence-electron chi connectivity index (χ0n) is 13.1. The smallest absolute Gasteiger partial charge is 0.275 e. The van der Waals surface area contributed by atoms with E-state index in [2.05, 4.69) is 6.92 Å². The molecule has 0 rings (SSSR count). The molecule has 0 saturated heterocycles. The Morgan fingerprint density at radius 2 is 0.850 bits per heavy atom. The monoisotopic (exact) mass is 354 g/mol. The van der Waals surface area contributed by atoms with E-state index >= 15 is 0 Å². The molecule has 0 aromatic rings. The number of aliphatic hydroxyl groups is 3. The number of rotatable bonds is 14. The van der Waals surface area contributed by atoms with Crippen molar-refractivity contribution in [3.63, 3.8) is 0 Å². The molecule has 0 heterocycles. The van der Waals surface area contributed by atoms with Gasteiger partial charge in [-0.05, 0) is 6.42 Å². The second-order valence-electron chi connectivity index (χ2n) is 5.77. The first-order valence-corrected chi connectivity index (χ1v) is 8.23. The van der Waals surface area contributed by atoms with Gasteiger partial charge in [0.1, 0.15) is 0 Å². The SMILES string of the molecule is Br.CCCCCCCCCCCCCCCC(O)(O)O. The minimum atomic E-state index is -2.46. The van der Waals surface area contributed by atoms with Gasteiger partial charge in [0, 0.05) is 6.42 Å². The van der Waals surface area contributed by atoms with E-state index in [4.69, 9.17) is 15.3 Å². The Bertz CT molecular complexity index is 181. The van der Waals surface area contributed by atoms with E-state index in [0.717, 1.165) is 12.8 Å². The highest BCUT2D eigenvalue weighted by atomic mass is 79.9. The van der Waals surface area contributed by atoms with Crippen LogP contribution in [0.1, 0.15) is 96.8 Å². The topological polar surface area (TPSA) is 60.7 Å². The Morgan fingerprint density at radius 1 is 0.550 bits per heavy atom. The molecule has 3 nitrogen and oxygen atoms in total. The average molecular weight is 355 g/mol. The summed E-state index contributed by atoms with van der Waals surface area (Å²) in [5.74, 6) is -2.46. The molecule has 0 unspecified atom stereocenters. The largest absolute Gasteiger partial charge is 0.344 e. The molecule has 0 saturated carbocycles. The van der Waals surface area contributed by atoms with Crippen molar-refractivity contribution in [3.8, 4) is 0 Å². The quantitative estimate of drug-likeness (QED) is 0.313. The third-order valence-corrected chi connectivity index (χ3v) is 3.62. The third-order valence-electron chi connectivity index (χ3n) is 3.62. The fourth-order valence-electron chi connectivity index (χ4n) is 2.38. The Kier molecular flexibility index (Phi) is 17.8. The van der Waals surface area contributed by atoms with Crippen LogP contribution >= 0.6 is 17.0 Å². The Labute approximate surface area is 135 Å². The lowest BCUT2D eigenvalue weighted by Crippen LogP contribution is -2.26. The van der Waals surface area contributed by atoms with Crippen molar-refractivity contribution in [2.45, 2.75) is 103 Å². The van der Waals surface area contributed by atoms with Crippen molar-refractivity contribution < 1.29 is 15.3 Å². The molecule has 0 aromatic heterocycles. The molecule has 0 aliphatic heterocycles. The van der Waals surface area contributed by atoms with E-state index in [1.165, 1.54) is 64.2 Å². The summed E-state index contributed by atoms with van der Waals surface area (Å²) in [5, 5.41) is 26.1. The first-order valence-electron chi connectivity index (χ1n) is 8.23. The molecule has 0 aliphatic carbocycles. The van der Waals surface area contributed by atoms with E-state index < -0.39 is 5.97 Å². The molecular formula is C16H35BrO3. The minimum Gasteiger partial charge on any atom is -0.344 e. The zero-order valence-corrected chi connectivity index (χ0v) is 14.9. The molecule has 0 amide bonds. The lowest BCUT2D eigenvalue weighted by molar-refractivity contribution is -0.315. The van der Waals surface area contributed by atoms with E-state index in [1.807, 2.05) is 0 Å². The van der Waals surface area contributed by atoms with Crippen molar-refractivity contribution in [1.82, 2.24) is 0 Å². The minimum absolute atomic E-state index is 0. The number of hydrogen-bond donors (Lipinski definition) is 3. The van der Waals surface area contributed by atoms with Gasteiger partial charge in [0.2, 0.25) is 0 Å². The van der Waals surface area contributed by atoms with Crippen molar-refractivity contribution in [2.75, 3.05) is 0 Å². The van der Waals surface area contributed by atoms with Crippen LogP contribution in [0.3, 0.4) is 0 Å². The van der Waals surface area contributed by atoms with Crippen molar-refractivity contribution in [3.05, 3.63) is 0 Å². The standard InChI is InChI=1S/C16H34O3.BrH/c1-2-3-4-5-6-7-8-9-10-11-12-13-14-15-16(17,18)19;/h17-19H,2-15H2,1H3;1H.